The summed E-state index contributed by atoms with van der Waals surface area (Å²) >= 11 is 16.0. The van der Waals surface area contributed by atoms with Crippen molar-refractivity contribution in [2.24, 2.45) is 5.10 Å². The van der Waals surface area contributed by atoms with Gasteiger partial charge in [-0.3, -0.25) is 4.79 Å². The molecule has 0 aliphatic heterocycles. The number of esters is 1. The lowest BCUT2D eigenvalue weighted by Crippen LogP contribution is -2.22. The van der Waals surface area contributed by atoms with Crippen LogP contribution in [0.2, 0.25) is 10.0 Å². The normalized spacial score (nSPS) is 11.5. The van der Waals surface area contributed by atoms with Gasteiger partial charge in [-0.15, -0.1) is 0 Å². The van der Waals surface area contributed by atoms with Crippen molar-refractivity contribution in [3.05, 3.63) is 66.6 Å². The maximum Gasteiger partial charge on any atom is 0.344 e. The molecular weight excluding hydrogens is 533 g/mol. The minimum Gasteiger partial charge on any atom is -0.479 e. The van der Waals surface area contributed by atoms with E-state index < -0.39 is 5.97 Å². The molecule has 10 heteroatoms. The molecule has 3 aromatic rings. The third kappa shape index (κ3) is 6.34. The average molecular weight is 555 g/mol. The summed E-state index contributed by atoms with van der Waals surface area (Å²) in [5.41, 5.74) is 0.884. The van der Waals surface area contributed by atoms with E-state index in [1.54, 1.807) is 38.1 Å². The molecular formula is C23H22BrCl2N3O4. The Bertz CT molecular complexity index is 1250. The van der Waals surface area contributed by atoms with E-state index in [-0.39, 0.29) is 34.1 Å². The number of benzene rings is 2. The predicted molar refractivity (Wildman–Crippen MR) is 134 cm³/mol. The molecule has 0 bridgehead atoms. The number of carbonyl (C=O) groups excluding carboxylic acids is 1. The van der Waals surface area contributed by atoms with Crippen LogP contribution in [-0.4, -0.2) is 34.6 Å². The Balaban J connectivity index is 1.92. The van der Waals surface area contributed by atoms with Crippen LogP contribution in [0.4, 0.5) is 0 Å². The van der Waals surface area contributed by atoms with Gasteiger partial charge in [0.2, 0.25) is 0 Å². The van der Waals surface area contributed by atoms with Gasteiger partial charge in [-0.05, 0) is 56.2 Å². The second-order valence-corrected chi connectivity index (χ2v) is 9.17. The molecule has 0 N–H and O–H groups in total. The van der Waals surface area contributed by atoms with E-state index in [4.69, 9.17) is 32.7 Å². The van der Waals surface area contributed by atoms with E-state index in [1.807, 2.05) is 13.0 Å². The highest BCUT2D eigenvalue weighted by Crippen LogP contribution is 2.34. The Morgan fingerprint density at radius 1 is 1.24 bits per heavy atom. The molecule has 0 atom stereocenters. The first-order valence-corrected chi connectivity index (χ1v) is 11.8. The van der Waals surface area contributed by atoms with Crippen molar-refractivity contribution >= 4 is 62.2 Å². The van der Waals surface area contributed by atoms with Crippen LogP contribution >= 0.6 is 39.1 Å². The number of hydrogen-bond donors (Lipinski definition) is 0. The van der Waals surface area contributed by atoms with E-state index in [9.17, 15) is 9.59 Å². The highest BCUT2D eigenvalue weighted by molar-refractivity contribution is 9.10. The van der Waals surface area contributed by atoms with Crippen LogP contribution in [0, 0.1) is 0 Å². The molecule has 7 nitrogen and oxygen atoms in total. The molecule has 0 unspecified atom stereocenters. The first-order chi connectivity index (χ1) is 15.7. The van der Waals surface area contributed by atoms with Crippen LogP contribution < -0.4 is 10.3 Å². The molecule has 0 spiro atoms. The molecule has 174 valence electrons. The lowest BCUT2D eigenvalue weighted by atomic mass is 10.2. The summed E-state index contributed by atoms with van der Waals surface area (Å²) in [4.78, 5) is 29.4. The van der Waals surface area contributed by atoms with E-state index >= 15 is 0 Å². The fraction of sp³-hybridized carbons (Fsp3) is 0.304. The van der Waals surface area contributed by atoms with E-state index in [0.29, 0.717) is 28.7 Å². The number of aromatic nitrogens is 2. The van der Waals surface area contributed by atoms with Gasteiger partial charge in [0.25, 0.3) is 5.56 Å². The molecule has 0 saturated heterocycles. The van der Waals surface area contributed by atoms with Crippen LogP contribution in [0.1, 0.15) is 38.6 Å². The van der Waals surface area contributed by atoms with Gasteiger partial charge in [-0.25, -0.2) is 9.78 Å². The fourth-order valence-corrected chi connectivity index (χ4v) is 4.02. The van der Waals surface area contributed by atoms with E-state index in [2.05, 4.69) is 26.0 Å². The molecule has 0 amide bonds. The SMILES string of the molecule is CCCc1nc2ccc(Br)cc2c(=O)n1N=Cc1cc(Cl)c(OCC(=O)OC(C)C)c(Cl)c1. The molecule has 0 aliphatic carbocycles. The molecule has 3 rings (SSSR count). The van der Waals surface area contributed by atoms with Gasteiger partial charge in [0.1, 0.15) is 5.82 Å². The molecule has 33 heavy (non-hydrogen) atoms. The molecule has 2 aromatic carbocycles. The summed E-state index contributed by atoms with van der Waals surface area (Å²) in [6.45, 7) is 5.17. The Labute approximate surface area is 209 Å². The fourth-order valence-electron chi connectivity index (χ4n) is 3.04. The minimum atomic E-state index is -0.527. The molecule has 0 saturated carbocycles. The van der Waals surface area contributed by atoms with Crippen molar-refractivity contribution < 1.29 is 14.3 Å². The largest absolute Gasteiger partial charge is 0.479 e. The van der Waals surface area contributed by atoms with Crippen LogP contribution in [0.25, 0.3) is 10.9 Å². The maximum absolute atomic E-state index is 13.1. The number of hydrogen-bond acceptors (Lipinski definition) is 6. The van der Waals surface area contributed by atoms with Gasteiger partial charge in [0.05, 0.1) is 33.3 Å². The summed E-state index contributed by atoms with van der Waals surface area (Å²) in [5, 5.41) is 5.21. The maximum atomic E-state index is 13.1. The Morgan fingerprint density at radius 2 is 1.94 bits per heavy atom. The molecule has 1 aromatic heterocycles. The standard InChI is InChI=1S/C23H22BrCl2N3O4/c1-4-5-20-28-19-7-6-15(24)10-16(19)23(31)29(20)27-11-14-8-17(25)22(18(26)9-14)32-12-21(30)33-13(2)3/h6-11,13H,4-5,12H2,1-3H3. The summed E-state index contributed by atoms with van der Waals surface area (Å²) in [7, 11) is 0. The Morgan fingerprint density at radius 3 is 2.58 bits per heavy atom. The summed E-state index contributed by atoms with van der Waals surface area (Å²) < 4.78 is 12.5. The van der Waals surface area contributed by atoms with Gasteiger partial charge in [-0.2, -0.15) is 9.78 Å². The minimum absolute atomic E-state index is 0.164. The Hall–Kier alpha value is -2.42. The van der Waals surface area contributed by atoms with Crippen LogP contribution in [0.3, 0.4) is 0 Å². The average Bonchev–Trinajstić information content (AvgIpc) is 2.73. The van der Waals surface area contributed by atoms with Crippen LogP contribution in [0.5, 0.6) is 5.75 Å². The van der Waals surface area contributed by atoms with Crippen LogP contribution in [-0.2, 0) is 16.0 Å². The van der Waals surface area contributed by atoms with Gasteiger partial charge in [-0.1, -0.05) is 46.1 Å². The zero-order valence-corrected chi connectivity index (χ0v) is 21.4. The number of rotatable bonds is 8. The van der Waals surface area contributed by atoms with Crippen LogP contribution in [0.15, 0.2) is 44.7 Å². The topological polar surface area (TPSA) is 82.8 Å². The third-order valence-corrected chi connectivity index (χ3v) is 5.45. The zero-order chi connectivity index (χ0) is 24.1. The van der Waals surface area contributed by atoms with Crippen molar-refractivity contribution in [3.63, 3.8) is 0 Å². The number of aryl methyl sites for hydroxylation is 1. The number of carbonyl (C=O) groups is 1. The van der Waals surface area contributed by atoms with E-state index in [1.165, 1.54) is 10.9 Å². The zero-order valence-electron chi connectivity index (χ0n) is 18.3. The smallest absolute Gasteiger partial charge is 0.344 e. The molecule has 0 aliphatic rings. The summed E-state index contributed by atoms with van der Waals surface area (Å²) in [5.74, 6) is 0.188. The highest BCUT2D eigenvalue weighted by Gasteiger charge is 2.14. The van der Waals surface area contributed by atoms with Crippen molar-refractivity contribution in [2.75, 3.05) is 6.61 Å². The number of halogens is 3. The Kier molecular flexibility index (Phi) is 8.51. The van der Waals surface area contributed by atoms with E-state index in [0.717, 1.165) is 10.9 Å². The highest BCUT2D eigenvalue weighted by atomic mass is 79.9. The molecule has 0 fully saturated rings. The molecule has 1 heterocycles. The third-order valence-electron chi connectivity index (χ3n) is 4.39. The van der Waals surface area contributed by atoms with Gasteiger partial charge < -0.3 is 9.47 Å². The summed E-state index contributed by atoms with van der Waals surface area (Å²) in [6, 6.07) is 8.51. The quantitative estimate of drug-likeness (QED) is 0.266. The van der Waals surface area contributed by atoms with Gasteiger partial charge >= 0.3 is 5.97 Å². The number of ether oxygens (including phenoxy) is 2. The second-order valence-electron chi connectivity index (χ2n) is 7.44. The van der Waals surface area contributed by atoms with Crippen molar-refractivity contribution in [2.45, 2.75) is 39.7 Å². The lowest BCUT2D eigenvalue weighted by Gasteiger charge is -2.12. The number of fused-ring (bicyclic) bond motifs is 1. The predicted octanol–water partition coefficient (Wildman–Crippen LogP) is 5.63. The van der Waals surface area contributed by atoms with Gasteiger partial charge in [0.15, 0.2) is 12.4 Å². The van der Waals surface area contributed by atoms with Crippen molar-refractivity contribution in [1.29, 1.82) is 0 Å². The molecule has 0 radical (unpaired) electrons. The first kappa shape index (κ1) is 25.2. The van der Waals surface area contributed by atoms with Gasteiger partial charge in [0, 0.05) is 10.9 Å². The second kappa shape index (κ2) is 11.1. The monoisotopic (exact) mass is 553 g/mol. The first-order valence-electron chi connectivity index (χ1n) is 10.3. The summed E-state index contributed by atoms with van der Waals surface area (Å²) in [6.07, 6.45) is 2.60. The number of nitrogens with zero attached hydrogens (tertiary/aromatic N) is 3. The lowest BCUT2D eigenvalue weighted by molar-refractivity contribution is -0.149. The van der Waals surface area contributed by atoms with Crippen molar-refractivity contribution in [3.8, 4) is 5.75 Å². The van der Waals surface area contributed by atoms with Crippen molar-refractivity contribution in [1.82, 2.24) is 9.66 Å².